The molecule has 1 heterocycles. The van der Waals surface area contributed by atoms with E-state index in [4.69, 9.17) is 9.47 Å². The van der Waals surface area contributed by atoms with Crippen LogP contribution in [0.3, 0.4) is 0 Å². The summed E-state index contributed by atoms with van der Waals surface area (Å²) in [5.41, 5.74) is 3.02. The second-order valence-corrected chi connectivity index (χ2v) is 9.69. The van der Waals surface area contributed by atoms with Crippen LogP contribution in [-0.2, 0) is 19.1 Å². The zero-order valence-corrected chi connectivity index (χ0v) is 20.3. The molecule has 0 spiro atoms. The second-order valence-electron chi connectivity index (χ2n) is 9.69. The van der Waals surface area contributed by atoms with Gasteiger partial charge in [-0.15, -0.1) is 0 Å². The summed E-state index contributed by atoms with van der Waals surface area (Å²) in [6.45, 7) is 4.18. The lowest BCUT2D eigenvalue weighted by atomic mass is 9.94. The number of fused-ring (bicyclic) bond motifs is 3. The molecule has 8 heteroatoms. The van der Waals surface area contributed by atoms with Gasteiger partial charge in [-0.1, -0.05) is 62.4 Å². The van der Waals surface area contributed by atoms with Crippen LogP contribution < -0.4 is 5.32 Å². The number of aliphatic carboxylic acids is 1. The normalized spacial score (nSPS) is 19.7. The zero-order chi connectivity index (χ0) is 25.2. The van der Waals surface area contributed by atoms with Crippen LogP contribution in [0.1, 0.15) is 43.7 Å². The number of amides is 2. The molecule has 2 N–H and O–H groups in total. The van der Waals surface area contributed by atoms with E-state index >= 15 is 0 Å². The molecule has 1 saturated heterocycles. The molecular formula is C27H32N2O6. The van der Waals surface area contributed by atoms with Crippen molar-refractivity contribution in [2.45, 2.75) is 44.2 Å². The minimum Gasteiger partial charge on any atom is -0.479 e. The molecule has 0 radical (unpaired) electrons. The molecule has 2 atom stereocenters. The molecule has 2 aromatic carbocycles. The summed E-state index contributed by atoms with van der Waals surface area (Å²) >= 11 is 0. The van der Waals surface area contributed by atoms with Crippen LogP contribution in [-0.4, -0.2) is 66.4 Å². The van der Waals surface area contributed by atoms with Crippen LogP contribution >= 0.6 is 0 Å². The van der Waals surface area contributed by atoms with E-state index < -0.39 is 29.6 Å². The van der Waals surface area contributed by atoms with Crippen molar-refractivity contribution in [2.24, 2.45) is 5.92 Å². The molecule has 0 aromatic heterocycles. The van der Waals surface area contributed by atoms with Crippen molar-refractivity contribution in [3.05, 3.63) is 59.7 Å². The van der Waals surface area contributed by atoms with Gasteiger partial charge in [0.25, 0.3) is 0 Å². The first-order chi connectivity index (χ1) is 16.7. The van der Waals surface area contributed by atoms with Gasteiger partial charge in [0, 0.05) is 26.0 Å². The summed E-state index contributed by atoms with van der Waals surface area (Å²) in [5, 5.41) is 12.5. The minimum atomic E-state index is -1.44. The van der Waals surface area contributed by atoms with Crippen molar-refractivity contribution in [3.8, 4) is 11.1 Å². The van der Waals surface area contributed by atoms with E-state index in [-0.39, 0.29) is 38.1 Å². The summed E-state index contributed by atoms with van der Waals surface area (Å²) in [4.78, 5) is 39.4. The van der Waals surface area contributed by atoms with Gasteiger partial charge < -0.3 is 24.8 Å². The summed E-state index contributed by atoms with van der Waals surface area (Å²) in [6.07, 6.45) is -0.153. The Balaban J connectivity index is 1.46. The summed E-state index contributed by atoms with van der Waals surface area (Å²) in [7, 11) is 1.46. The number of benzene rings is 2. The fraction of sp³-hybridized carbons (Fsp3) is 0.444. The number of alkyl carbamates (subject to hydrolysis) is 1. The molecule has 2 aliphatic rings. The van der Waals surface area contributed by atoms with Gasteiger partial charge in [-0.25, -0.2) is 9.59 Å². The summed E-state index contributed by atoms with van der Waals surface area (Å²) in [6, 6.07) is 15.2. The van der Waals surface area contributed by atoms with E-state index in [2.05, 4.69) is 17.4 Å². The largest absolute Gasteiger partial charge is 0.479 e. The van der Waals surface area contributed by atoms with Crippen molar-refractivity contribution >= 4 is 18.0 Å². The Morgan fingerprint density at radius 2 is 1.71 bits per heavy atom. The number of carbonyl (C=O) groups is 3. The predicted octanol–water partition coefficient (Wildman–Crippen LogP) is 3.64. The molecule has 1 fully saturated rings. The fourth-order valence-corrected chi connectivity index (χ4v) is 5.05. The van der Waals surface area contributed by atoms with Gasteiger partial charge in [-0.05, 0) is 34.6 Å². The average Bonchev–Trinajstić information content (AvgIpc) is 3.46. The third-order valence-corrected chi connectivity index (χ3v) is 7.01. The lowest BCUT2D eigenvalue weighted by Gasteiger charge is -2.36. The first kappa shape index (κ1) is 24.7. The highest BCUT2D eigenvalue weighted by atomic mass is 16.5. The van der Waals surface area contributed by atoms with E-state index in [1.807, 2.05) is 50.2 Å². The van der Waals surface area contributed by atoms with E-state index in [0.717, 1.165) is 22.3 Å². The molecule has 35 heavy (non-hydrogen) atoms. The first-order valence-corrected chi connectivity index (χ1v) is 11.9. The number of carbonyl (C=O) groups excluding carboxylic acids is 2. The van der Waals surface area contributed by atoms with Crippen LogP contribution in [0.5, 0.6) is 0 Å². The maximum absolute atomic E-state index is 13.3. The predicted molar refractivity (Wildman–Crippen MR) is 130 cm³/mol. The smallest absolute Gasteiger partial charge is 0.407 e. The molecule has 0 bridgehead atoms. The Labute approximate surface area is 205 Å². The number of carboxylic acids is 1. The maximum atomic E-state index is 13.3. The van der Waals surface area contributed by atoms with Crippen molar-refractivity contribution < 1.29 is 29.0 Å². The topological polar surface area (TPSA) is 105 Å². The van der Waals surface area contributed by atoms with Gasteiger partial charge in [0.15, 0.2) is 5.54 Å². The number of hydrogen-bond donors (Lipinski definition) is 2. The lowest BCUT2D eigenvalue weighted by molar-refractivity contribution is -0.158. The van der Waals surface area contributed by atoms with Crippen molar-refractivity contribution in [1.82, 2.24) is 10.2 Å². The number of rotatable bonds is 8. The number of nitrogens with one attached hydrogen (secondary N) is 1. The second kappa shape index (κ2) is 10.1. The number of nitrogens with zero attached hydrogens (tertiary/aromatic N) is 1. The summed E-state index contributed by atoms with van der Waals surface area (Å²) < 4.78 is 10.9. The Bertz CT molecular complexity index is 1060. The van der Waals surface area contributed by atoms with E-state index in [1.54, 1.807) is 0 Å². The Hall–Kier alpha value is -3.39. The Morgan fingerprint density at radius 1 is 1.11 bits per heavy atom. The fourth-order valence-electron chi connectivity index (χ4n) is 5.05. The third kappa shape index (κ3) is 4.75. The van der Waals surface area contributed by atoms with Crippen LogP contribution in [0.4, 0.5) is 4.79 Å². The monoisotopic (exact) mass is 480 g/mol. The van der Waals surface area contributed by atoms with Crippen molar-refractivity contribution in [2.75, 3.05) is 26.9 Å². The van der Waals surface area contributed by atoms with Gasteiger partial charge in [-0.2, -0.15) is 0 Å². The first-order valence-electron chi connectivity index (χ1n) is 11.9. The van der Waals surface area contributed by atoms with E-state index in [9.17, 15) is 19.5 Å². The van der Waals surface area contributed by atoms with Crippen LogP contribution in [0, 0.1) is 5.92 Å². The molecule has 1 aliphatic carbocycles. The number of ether oxygens (including phenoxy) is 2. The standard InChI is InChI=1S/C27H32N2O6/c1-17(2)14-23(24(30)29(3)27(25(31)32)12-13-34-16-27)28-26(33)35-15-22-20-10-6-4-8-18(20)19-9-5-7-11-21(19)22/h4-11,17,22-23H,12-16H2,1-3H3,(H,28,33)(H,31,32). The lowest BCUT2D eigenvalue weighted by Crippen LogP contribution is -2.60. The molecule has 4 rings (SSSR count). The molecule has 2 aromatic rings. The molecule has 186 valence electrons. The van der Waals surface area contributed by atoms with Gasteiger partial charge in [0.1, 0.15) is 12.6 Å². The van der Waals surface area contributed by atoms with Crippen LogP contribution in [0.25, 0.3) is 11.1 Å². The van der Waals surface area contributed by atoms with E-state index in [1.165, 1.54) is 11.9 Å². The van der Waals surface area contributed by atoms with E-state index in [0.29, 0.717) is 6.42 Å². The molecule has 2 unspecified atom stereocenters. The third-order valence-electron chi connectivity index (χ3n) is 7.01. The Morgan fingerprint density at radius 3 is 2.23 bits per heavy atom. The molecule has 2 amide bonds. The van der Waals surface area contributed by atoms with Gasteiger partial charge >= 0.3 is 12.1 Å². The minimum absolute atomic E-state index is 0.0794. The number of likely N-dealkylation sites (N-methyl/N-ethyl adjacent to an activating group) is 1. The highest BCUT2D eigenvalue weighted by Gasteiger charge is 2.49. The van der Waals surface area contributed by atoms with Crippen LogP contribution in [0.2, 0.25) is 0 Å². The van der Waals surface area contributed by atoms with Crippen molar-refractivity contribution in [1.29, 1.82) is 0 Å². The zero-order valence-electron chi connectivity index (χ0n) is 20.3. The highest BCUT2D eigenvalue weighted by molar-refractivity contribution is 5.91. The molecule has 8 nitrogen and oxygen atoms in total. The van der Waals surface area contributed by atoms with Gasteiger partial charge in [0.2, 0.25) is 5.91 Å². The number of hydrogen-bond acceptors (Lipinski definition) is 5. The van der Waals surface area contributed by atoms with Crippen molar-refractivity contribution in [3.63, 3.8) is 0 Å². The average molecular weight is 481 g/mol. The SMILES string of the molecule is CC(C)CC(NC(=O)OCC1c2ccccc2-c2ccccc21)C(=O)N(C)C1(C(=O)O)CCOC1. The summed E-state index contributed by atoms with van der Waals surface area (Å²) in [5.74, 6) is -1.59. The molecular weight excluding hydrogens is 448 g/mol. The van der Waals surface area contributed by atoms with Gasteiger partial charge in [0.05, 0.1) is 6.61 Å². The quantitative estimate of drug-likeness (QED) is 0.598. The Kier molecular flexibility index (Phi) is 7.12. The van der Waals surface area contributed by atoms with Gasteiger partial charge in [-0.3, -0.25) is 4.79 Å². The van der Waals surface area contributed by atoms with Crippen LogP contribution in [0.15, 0.2) is 48.5 Å². The maximum Gasteiger partial charge on any atom is 0.407 e. The highest BCUT2D eigenvalue weighted by Crippen LogP contribution is 2.44. The molecule has 0 saturated carbocycles. The number of carboxylic acid groups (broad SMARTS) is 1. The molecule has 1 aliphatic heterocycles.